The zero-order valence-electron chi connectivity index (χ0n) is 32.7. The van der Waals surface area contributed by atoms with Crippen molar-refractivity contribution in [2.24, 2.45) is 0 Å². The van der Waals surface area contributed by atoms with E-state index in [2.05, 4.69) is 209 Å². The molecule has 1 heterocycles. The van der Waals surface area contributed by atoms with Crippen molar-refractivity contribution in [1.82, 2.24) is 0 Å². The molecule has 55 heavy (non-hydrogen) atoms. The Morgan fingerprint density at radius 1 is 0.727 bits per heavy atom. The Morgan fingerprint density at radius 2 is 1.36 bits per heavy atom. The van der Waals surface area contributed by atoms with Crippen LogP contribution >= 0.6 is 0 Å². The lowest BCUT2D eigenvalue weighted by molar-refractivity contribution is 0.569. The number of anilines is 1. The van der Waals surface area contributed by atoms with Crippen molar-refractivity contribution in [3.05, 3.63) is 233 Å². The van der Waals surface area contributed by atoms with Gasteiger partial charge in [0.15, 0.2) is 0 Å². The molecule has 2 aliphatic rings. The summed E-state index contributed by atoms with van der Waals surface area (Å²) in [5, 5.41) is 5.21. The molecule has 8 rings (SSSR count). The van der Waals surface area contributed by atoms with E-state index in [1.54, 1.807) is 0 Å². The summed E-state index contributed by atoms with van der Waals surface area (Å²) in [7, 11) is 2.23. The van der Waals surface area contributed by atoms with Gasteiger partial charge in [-0.3, -0.25) is 0 Å². The molecule has 0 radical (unpaired) electrons. The van der Waals surface area contributed by atoms with E-state index in [9.17, 15) is 0 Å². The maximum absolute atomic E-state index is 4.73. The van der Waals surface area contributed by atoms with Crippen LogP contribution in [-0.4, -0.2) is 7.05 Å². The highest BCUT2D eigenvalue weighted by atomic mass is 15.2. The average molecular weight is 714 g/mol. The van der Waals surface area contributed by atoms with Gasteiger partial charge >= 0.3 is 0 Å². The molecule has 0 saturated carbocycles. The molecule has 0 N–H and O–H groups in total. The van der Waals surface area contributed by atoms with Gasteiger partial charge in [0.05, 0.1) is 0 Å². The average Bonchev–Trinajstić information content (AvgIpc) is 3.74. The molecule has 2 atom stereocenters. The molecule has 6 aromatic carbocycles. The summed E-state index contributed by atoms with van der Waals surface area (Å²) in [4.78, 5) is 2.41. The topological polar surface area (TPSA) is 3.24 Å². The van der Waals surface area contributed by atoms with Crippen LogP contribution in [0.2, 0.25) is 0 Å². The summed E-state index contributed by atoms with van der Waals surface area (Å²) in [6, 6.07) is 48.5. The number of aryl methyl sites for hydroxylation is 1. The number of hydrogen-bond acceptors (Lipinski definition) is 1. The minimum Gasteiger partial charge on any atom is -0.347 e. The second kappa shape index (κ2) is 15.1. The van der Waals surface area contributed by atoms with E-state index >= 15 is 0 Å². The number of likely N-dealkylation sites (N-methyl/N-ethyl adjacent to an activating group) is 1. The van der Waals surface area contributed by atoms with Crippen LogP contribution in [0.3, 0.4) is 0 Å². The Bertz CT molecular complexity index is 2540. The molecule has 1 heteroatoms. The lowest BCUT2D eigenvalue weighted by Gasteiger charge is -2.34. The summed E-state index contributed by atoms with van der Waals surface area (Å²) in [6.45, 7) is 11.8. The molecule has 6 aromatic rings. The van der Waals surface area contributed by atoms with Gasteiger partial charge in [-0.2, -0.15) is 0 Å². The third-order valence-electron chi connectivity index (χ3n) is 12.2. The Balaban J connectivity index is 1.06. The van der Waals surface area contributed by atoms with E-state index < -0.39 is 0 Å². The van der Waals surface area contributed by atoms with Gasteiger partial charge in [-0.05, 0) is 118 Å². The van der Waals surface area contributed by atoms with Crippen molar-refractivity contribution in [3.8, 4) is 0 Å². The molecule has 0 bridgehead atoms. The van der Waals surface area contributed by atoms with Crippen molar-refractivity contribution >= 4 is 27.2 Å². The van der Waals surface area contributed by atoms with Crippen LogP contribution in [0.5, 0.6) is 0 Å². The van der Waals surface area contributed by atoms with Gasteiger partial charge < -0.3 is 4.90 Å². The van der Waals surface area contributed by atoms with E-state index in [0.717, 1.165) is 31.3 Å². The number of rotatable bonds is 10. The Hall–Kier alpha value is -5.92. The summed E-state index contributed by atoms with van der Waals surface area (Å²) in [5.41, 5.74) is 12.8. The first-order valence-electron chi connectivity index (χ1n) is 19.7. The van der Waals surface area contributed by atoms with Crippen LogP contribution in [0.4, 0.5) is 5.69 Å². The monoisotopic (exact) mass is 713 g/mol. The summed E-state index contributed by atoms with van der Waals surface area (Å²) >= 11 is 0. The standard InChI is InChI=1S/C54H51N/c1-39-30-33-45-25-12-14-27-47(45)51(39)53(3,37-43-19-8-6-9-20-43)40(2)18-16-23-41-31-32-42(36-41)24-17-29-50-54(4,38-44-21-10-7-11-22-44)52-48-28-15-13-26-46(48)34-35-49(52)55(50)5/h6-30,33-36H,2,31-32,37-38H2,1,3-5H3/b18-16+,24-17+,41-23+,50-29+. The molecule has 1 aliphatic carbocycles. The Kier molecular flexibility index (Phi) is 9.89. The molecule has 0 spiro atoms. The molecule has 1 aliphatic heterocycles. The van der Waals surface area contributed by atoms with Gasteiger partial charge in [0.1, 0.15) is 0 Å². The molecule has 0 amide bonds. The van der Waals surface area contributed by atoms with E-state index in [4.69, 9.17) is 6.58 Å². The predicted octanol–water partition coefficient (Wildman–Crippen LogP) is 13.7. The maximum atomic E-state index is 4.73. The molecule has 2 unspecified atom stereocenters. The van der Waals surface area contributed by atoms with Gasteiger partial charge in [0.25, 0.3) is 0 Å². The highest BCUT2D eigenvalue weighted by molar-refractivity contribution is 5.95. The first kappa shape index (κ1) is 36.1. The molecule has 272 valence electrons. The number of allylic oxidation sites excluding steroid dienone is 11. The normalized spacial score (nSPS) is 19.6. The Morgan fingerprint density at radius 3 is 2.11 bits per heavy atom. The third kappa shape index (κ3) is 6.96. The van der Waals surface area contributed by atoms with Gasteiger partial charge in [-0.1, -0.05) is 177 Å². The van der Waals surface area contributed by atoms with Crippen LogP contribution in [0, 0.1) is 6.92 Å². The van der Waals surface area contributed by atoms with Crippen molar-refractivity contribution < 1.29 is 0 Å². The van der Waals surface area contributed by atoms with Gasteiger partial charge in [0, 0.05) is 29.3 Å². The zero-order chi connectivity index (χ0) is 38.0. The van der Waals surface area contributed by atoms with Gasteiger partial charge in [-0.25, -0.2) is 0 Å². The fourth-order valence-electron chi connectivity index (χ4n) is 9.37. The lowest BCUT2D eigenvalue weighted by atomic mass is 9.69. The summed E-state index contributed by atoms with van der Waals surface area (Å²) in [6.07, 6.45) is 20.0. The zero-order valence-corrected chi connectivity index (χ0v) is 32.7. The van der Waals surface area contributed by atoms with Crippen molar-refractivity contribution in [1.29, 1.82) is 0 Å². The van der Waals surface area contributed by atoms with Crippen molar-refractivity contribution in [3.63, 3.8) is 0 Å². The maximum Gasteiger partial charge on any atom is 0.0454 e. The fraction of sp³-hybridized carbons (Fsp3) is 0.185. The summed E-state index contributed by atoms with van der Waals surface area (Å²) in [5.74, 6) is 0. The minimum atomic E-state index is -0.275. The molecule has 0 fully saturated rings. The van der Waals surface area contributed by atoms with Crippen molar-refractivity contribution in [2.75, 3.05) is 11.9 Å². The smallest absolute Gasteiger partial charge is 0.0454 e. The highest BCUT2D eigenvalue weighted by Crippen LogP contribution is 2.52. The number of benzene rings is 6. The number of fused-ring (bicyclic) bond motifs is 4. The van der Waals surface area contributed by atoms with Crippen LogP contribution < -0.4 is 4.90 Å². The van der Waals surface area contributed by atoms with Crippen LogP contribution in [-0.2, 0) is 23.7 Å². The van der Waals surface area contributed by atoms with Gasteiger partial charge in [0.2, 0.25) is 0 Å². The lowest BCUT2D eigenvalue weighted by Crippen LogP contribution is -2.28. The molecular formula is C54H51N. The van der Waals surface area contributed by atoms with E-state index in [1.807, 2.05) is 0 Å². The Labute approximate surface area is 328 Å². The minimum absolute atomic E-state index is 0.168. The second-order valence-electron chi connectivity index (χ2n) is 16.0. The SMILES string of the molecule is C=C(/C=C/C=C1C=C(/C=C/C=C2/N(C)c3ccc4ccccc4c3C2(C)Cc2ccccc2)CC/1)C(C)(Cc1ccccc1)c1c(C)ccc2ccccc12. The first-order valence-corrected chi connectivity index (χ1v) is 19.7. The van der Waals surface area contributed by atoms with Crippen molar-refractivity contribution in [2.45, 2.75) is 57.3 Å². The van der Waals surface area contributed by atoms with Crippen LogP contribution in [0.15, 0.2) is 205 Å². The highest BCUT2D eigenvalue weighted by Gasteiger charge is 2.43. The van der Waals surface area contributed by atoms with E-state index in [0.29, 0.717) is 0 Å². The van der Waals surface area contributed by atoms with Crippen LogP contribution in [0.1, 0.15) is 54.5 Å². The molecule has 1 nitrogen and oxygen atoms in total. The number of nitrogens with zero attached hydrogens (tertiary/aromatic N) is 1. The van der Waals surface area contributed by atoms with Crippen LogP contribution in [0.25, 0.3) is 21.5 Å². The fourth-order valence-corrected chi connectivity index (χ4v) is 9.37. The quantitative estimate of drug-likeness (QED) is 0.128. The first-order chi connectivity index (χ1) is 26.7. The van der Waals surface area contributed by atoms with Gasteiger partial charge in [-0.15, -0.1) is 0 Å². The third-order valence-corrected chi connectivity index (χ3v) is 12.2. The molecular weight excluding hydrogens is 663 g/mol. The molecule has 0 saturated heterocycles. The largest absolute Gasteiger partial charge is 0.347 e. The number of hydrogen-bond donors (Lipinski definition) is 0. The summed E-state index contributed by atoms with van der Waals surface area (Å²) < 4.78 is 0. The molecule has 0 aromatic heterocycles. The second-order valence-corrected chi connectivity index (χ2v) is 16.0. The predicted molar refractivity (Wildman–Crippen MR) is 237 cm³/mol. The van der Waals surface area contributed by atoms with E-state index in [-0.39, 0.29) is 10.8 Å². The van der Waals surface area contributed by atoms with E-state index in [1.165, 1.54) is 71.9 Å².